The SMILES string of the molecule is COC(C(=O)N1CCC(=O)C(C)C1)c1ccccc1. The highest BCUT2D eigenvalue weighted by atomic mass is 16.5. The molecule has 1 aromatic rings. The van der Waals surface area contributed by atoms with E-state index < -0.39 is 6.10 Å². The molecule has 2 atom stereocenters. The minimum absolute atomic E-state index is 0.0620. The third-order valence-electron chi connectivity index (χ3n) is 3.55. The predicted molar refractivity (Wildman–Crippen MR) is 71.6 cm³/mol. The van der Waals surface area contributed by atoms with E-state index in [2.05, 4.69) is 0 Å². The first-order valence-electron chi connectivity index (χ1n) is 6.52. The monoisotopic (exact) mass is 261 g/mol. The van der Waals surface area contributed by atoms with Crippen LogP contribution in [-0.2, 0) is 14.3 Å². The number of ether oxygens (including phenoxy) is 1. The van der Waals surface area contributed by atoms with Crippen molar-refractivity contribution in [3.63, 3.8) is 0 Å². The maximum atomic E-state index is 12.5. The van der Waals surface area contributed by atoms with E-state index in [0.29, 0.717) is 19.5 Å². The lowest BCUT2D eigenvalue weighted by atomic mass is 9.97. The third kappa shape index (κ3) is 3.01. The average Bonchev–Trinajstić information content (AvgIpc) is 2.44. The molecule has 1 heterocycles. The summed E-state index contributed by atoms with van der Waals surface area (Å²) >= 11 is 0. The molecular weight excluding hydrogens is 242 g/mol. The lowest BCUT2D eigenvalue weighted by Crippen LogP contribution is -2.45. The van der Waals surface area contributed by atoms with E-state index in [0.717, 1.165) is 5.56 Å². The van der Waals surface area contributed by atoms with Crippen molar-refractivity contribution in [2.75, 3.05) is 20.2 Å². The number of amides is 1. The fourth-order valence-electron chi connectivity index (χ4n) is 2.39. The summed E-state index contributed by atoms with van der Waals surface area (Å²) in [6.45, 7) is 2.85. The van der Waals surface area contributed by atoms with Crippen LogP contribution in [0.1, 0.15) is 25.0 Å². The summed E-state index contributed by atoms with van der Waals surface area (Å²) in [5, 5.41) is 0. The van der Waals surface area contributed by atoms with E-state index in [9.17, 15) is 9.59 Å². The molecule has 2 rings (SSSR count). The van der Waals surface area contributed by atoms with Gasteiger partial charge in [-0.25, -0.2) is 0 Å². The second-order valence-electron chi connectivity index (χ2n) is 4.93. The van der Waals surface area contributed by atoms with Crippen molar-refractivity contribution in [1.82, 2.24) is 4.90 Å². The zero-order chi connectivity index (χ0) is 13.8. The van der Waals surface area contributed by atoms with Crippen LogP contribution in [0.25, 0.3) is 0 Å². The van der Waals surface area contributed by atoms with E-state index in [4.69, 9.17) is 4.74 Å². The minimum Gasteiger partial charge on any atom is -0.367 e. The molecule has 1 amide bonds. The van der Waals surface area contributed by atoms with Gasteiger partial charge in [0.1, 0.15) is 5.78 Å². The Kier molecular flexibility index (Phi) is 4.32. The Hall–Kier alpha value is -1.68. The number of methoxy groups -OCH3 is 1. The summed E-state index contributed by atoms with van der Waals surface area (Å²) < 4.78 is 5.34. The first-order valence-corrected chi connectivity index (χ1v) is 6.52. The summed E-state index contributed by atoms with van der Waals surface area (Å²) in [5.74, 6) is 0.0942. The first-order chi connectivity index (χ1) is 9.13. The predicted octanol–water partition coefficient (Wildman–Crippen LogP) is 1.81. The van der Waals surface area contributed by atoms with E-state index in [1.807, 2.05) is 37.3 Å². The van der Waals surface area contributed by atoms with Crippen LogP contribution in [0.15, 0.2) is 30.3 Å². The van der Waals surface area contributed by atoms with Crippen molar-refractivity contribution in [1.29, 1.82) is 0 Å². The largest absolute Gasteiger partial charge is 0.367 e. The number of likely N-dealkylation sites (tertiary alicyclic amines) is 1. The van der Waals surface area contributed by atoms with Crippen molar-refractivity contribution in [3.8, 4) is 0 Å². The van der Waals surface area contributed by atoms with E-state index in [1.165, 1.54) is 7.11 Å². The van der Waals surface area contributed by atoms with E-state index in [1.54, 1.807) is 4.90 Å². The number of Topliss-reactive ketones (excluding diaryl/α,β-unsaturated/α-hetero) is 1. The normalized spacial score (nSPS) is 21.3. The molecule has 0 saturated carbocycles. The fourth-order valence-corrected chi connectivity index (χ4v) is 2.39. The molecule has 4 heteroatoms. The number of carbonyl (C=O) groups is 2. The van der Waals surface area contributed by atoms with Gasteiger partial charge in [-0.3, -0.25) is 9.59 Å². The molecule has 0 N–H and O–H groups in total. The Morgan fingerprint density at radius 3 is 2.63 bits per heavy atom. The van der Waals surface area contributed by atoms with Crippen LogP contribution in [0.4, 0.5) is 0 Å². The van der Waals surface area contributed by atoms with Crippen molar-refractivity contribution >= 4 is 11.7 Å². The van der Waals surface area contributed by atoms with Crippen LogP contribution in [0, 0.1) is 5.92 Å². The minimum atomic E-state index is -0.582. The Bertz CT molecular complexity index is 458. The highest BCUT2D eigenvalue weighted by Gasteiger charge is 2.31. The van der Waals surface area contributed by atoms with Crippen LogP contribution >= 0.6 is 0 Å². The van der Waals surface area contributed by atoms with Crippen molar-refractivity contribution < 1.29 is 14.3 Å². The maximum absolute atomic E-state index is 12.5. The van der Waals surface area contributed by atoms with Crippen molar-refractivity contribution in [2.24, 2.45) is 5.92 Å². The van der Waals surface area contributed by atoms with Crippen LogP contribution in [0.3, 0.4) is 0 Å². The van der Waals surface area contributed by atoms with Gasteiger partial charge in [0.05, 0.1) is 0 Å². The molecule has 1 aromatic carbocycles. The molecule has 1 fully saturated rings. The molecule has 102 valence electrons. The third-order valence-corrected chi connectivity index (χ3v) is 3.55. The van der Waals surface area contributed by atoms with Gasteiger partial charge in [0.25, 0.3) is 5.91 Å². The van der Waals surface area contributed by atoms with Crippen molar-refractivity contribution in [3.05, 3.63) is 35.9 Å². The van der Waals surface area contributed by atoms with Gasteiger partial charge in [-0.2, -0.15) is 0 Å². The molecule has 19 heavy (non-hydrogen) atoms. The molecule has 0 spiro atoms. The zero-order valence-electron chi connectivity index (χ0n) is 11.3. The number of nitrogens with zero attached hydrogens (tertiary/aromatic N) is 1. The maximum Gasteiger partial charge on any atom is 0.256 e. The second kappa shape index (κ2) is 5.97. The van der Waals surface area contributed by atoms with Gasteiger partial charge in [-0.05, 0) is 5.56 Å². The Morgan fingerprint density at radius 2 is 2.05 bits per heavy atom. The quantitative estimate of drug-likeness (QED) is 0.833. The van der Waals surface area contributed by atoms with Gasteiger partial charge < -0.3 is 9.64 Å². The Morgan fingerprint density at radius 1 is 1.37 bits per heavy atom. The number of carbonyl (C=O) groups excluding carboxylic acids is 2. The van der Waals surface area contributed by atoms with Gasteiger partial charge in [0.2, 0.25) is 0 Å². The number of rotatable bonds is 3. The zero-order valence-corrected chi connectivity index (χ0v) is 11.3. The smallest absolute Gasteiger partial charge is 0.256 e. The van der Waals surface area contributed by atoms with E-state index in [-0.39, 0.29) is 17.6 Å². The van der Waals surface area contributed by atoms with Gasteiger partial charge in [-0.15, -0.1) is 0 Å². The summed E-state index contributed by atoms with van der Waals surface area (Å²) in [6.07, 6.45) is -0.139. The van der Waals surface area contributed by atoms with Gasteiger partial charge in [0, 0.05) is 32.5 Å². The molecule has 1 aliphatic rings. The van der Waals surface area contributed by atoms with Gasteiger partial charge in [-0.1, -0.05) is 37.3 Å². The highest BCUT2D eigenvalue weighted by molar-refractivity contribution is 5.87. The topological polar surface area (TPSA) is 46.6 Å². The lowest BCUT2D eigenvalue weighted by molar-refractivity contribution is -0.146. The molecule has 1 aliphatic heterocycles. The van der Waals surface area contributed by atoms with Crippen LogP contribution in [0.2, 0.25) is 0 Å². The van der Waals surface area contributed by atoms with E-state index >= 15 is 0 Å². The summed E-state index contributed by atoms with van der Waals surface area (Å²) in [5.41, 5.74) is 0.847. The molecule has 4 nitrogen and oxygen atoms in total. The fraction of sp³-hybridized carbons (Fsp3) is 0.467. The molecule has 0 bridgehead atoms. The highest BCUT2D eigenvalue weighted by Crippen LogP contribution is 2.22. The second-order valence-corrected chi connectivity index (χ2v) is 4.93. The summed E-state index contributed by atoms with van der Waals surface area (Å²) in [6, 6.07) is 9.44. The Labute approximate surface area is 113 Å². The molecular formula is C15H19NO3. The van der Waals surface area contributed by atoms with Gasteiger partial charge >= 0.3 is 0 Å². The molecule has 0 aromatic heterocycles. The van der Waals surface area contributed by atoms with Crippen LogP contribution in [-0.4, -0.2) is 36.8 Å². The standard InChI is InChI=1S/C15H19NO3/c1-11-10-16(9-8-13(11)17)15(18)14(19-2)12-6-4-3-5-7-12/h3-7,11,14H,8-10H2,1-2H3. The number of piperidine rings is 1. The Balaban J connectivity index is 2.11. The number of benzene rings is 1. The first kappa shape index (κ1) is 13.7. The average molecular weight is 261 g/mol. The molecule has 0 radical (unpaired) electrons. The van der Waals surface area contributed by atoms with Crippen molar-refractivity contribution in [2.45, 2.75) is 19.4 Å². The molecule has 0 aliphatic carbocycles. The number of hydrogen-bond acceptors (Lipinski definition) is 3. The summed E-state index contributed by atoms with van der Waals surface area (Å²) in [7, 11) is 1.54. The lowest BCUT2D eigenvalue weighted by Gasteiger charge is -2.32. The number of ketones is 1. The van der Waals surface area contributed by atoms with Crippen LogP contribution < -0.4 is 0 Å². The molecule has 2 unspecified atom stereocenters. The van der Waals surface area contributed by atoms with Crippen LogP contribution in [0.5, 0.6) is 0 Å². The molecule has 1 saturated heterocycles. The summed E-state index contributed by atoms with van der Waals surface area (Å²) in [4.78, 5) is 25.7. The van der Waals surface area contributed by atoms with Gasteiger partial charge in [0.15, 0.2) is 6.10 Å². The number of hydrogen-bond donors (Lipinski definition) is 0.